The Labute approximate surface area is 124 Å². The first-order valence-electron chi connectivity index (χ1n) is 7.25. The van der Waals surface area contributed by atoms with Gasteiger partial charge in [0.05, 0.1) is 11.8 Å². The van der Waals surface area contributed by atoms with Gasteiger partial charge in [-0.25, -0.2) is 0 Å². The summed E-state index contributed by atoms with van der Waals surface area (Å²) in [6.07, 6.45) is 8.87. The summed E-state index contributed by atoms with van der Waals surface area (Å²) in [7, 11) is 0. The van der Waals surface area contributed by atoms with Crippen molar-refractivity contribution in [1.82, 2.24) is 10.6 Å². The number of nitrogens with one attached hydrogen (secondary N) is 2. The SMILES string of the molecule is CCCCNC1=C(NC(C)=O)C(=O)C2C=CC=CC2C1=O. The second kappa shape index (κ2) is 6.52. The van der Waals surface area contributed by atoms with Crippen molar-refractivity contribution in [3.63, 3.8) is 0 Å². The quantitative estimate of drug-likeness (QED) is 0.746. The molecule has 2 aliphatic rings. The van der Waals surface area contributed by atoms with Crippen molar-refractivity contribution in [1.29, 1.82) is 0 Å². The van der Waals surface area contributed by atoms with Gasteiger partial charge in [0.25, 0.3) is 0 Å². The maximum atomic E-state index is 12.6. The van der Waals surface area contributed by atoms with Crippen molar-refractivity contribution in [3.05, 3.63) is 35.7 Å². The Bertz CT molecular complexity index is 558. The van der Waals surface area contributed by atoms with Gasteiger partial charge in [-0.05, 0) is 6.42 Å². The van der Waals surface area contributed by atoms with Crippen molar-refractivity contribution >= 4 is 17.5 Å². The molecule has 2 N–H and O–H groups in total. The molecule has 0 bridgehead atoms. The Morgan fingerprint density at radius 2 is 1.67 bits per heavy atom. The number of rotatable bonds is 5. The van der Waals surface area contributed by atoms with E-state index in [-0.39, 0.29) is 28.9 Å². The molecular weight excluding hydrogens is 268 g/mol. The minimum atomic E-state index is -0.513. The predicted octanol–water partition coefficient (Wildman–Crippen LogP) is 1.23. The second-order valence-electron chi connectivity index (χ2n) is 5.26. The molecule has 0 saturated heterocycles. The van der Waals surface area contributed by atoms with Crippen LogP contribution in [0.2, 0.25) is 0 Å². The second-order valence-corrected chi connectivity index (χ2v) is 5.26. The Morgan fingerprint density at radius 1 is 1.10 bits per heavy atom. The number of amides is 1. The molecule has 2 unspecified atom stereocenters. The fraction of sp³-hybridized carbons (Fsp3) is 0.438. The smallest absolute Gasteiger partial charge is 0.221 e. The molecule has 1 amide bonds. The summed E-state index contributed by atoms with van der Waals surface area (Å²) in [6, 6.07) is 0. The average Bonchev–Trinajstić information content (AvgIpc) is 2.47. The topological polar surface area (TPSA) is 75.3 Å². The molecule has 21 heavy (non-hydrogen) atoms. The van der Waals surface area contributed by atoms with Crippen LogP contribution in [0, 0.1) is 11.8 Å². The normalized spacial score (nSPS) is 24.1. The van der Waals surface area contributed by atoms with Crippen molar-refractivity contribution in [2.24, 2.45) is 11.8 Å². The molecule has 0 aromatic rings. The van der Waals surface area contributed by atoms with E-state index in [0.29, 0.717) is 6.54 Å². The summed E-state index contributed by atoms with van der Waals surface area (Å²) < 4.78 is 0. The minimum absolute atomic E-state index is 0.102. The lowest BCUT2D eigenvalue weighted by molar-refractivity contribution is -0.129. The fourth-order valence-electron chi connectivity index (χ4n) is 2.55. The molecule has 0 aliphatic heterocycles. The van der Waals surface area contributed by atoms with Crippen LogP contribution in [0.1, 0.15) is 26.7 Å². The van der Waals surface area contributed by atoms with Crippen LogP contribution in [-0.2, 0) is 14.4 Å². The van der Waals surface area contributed by atoms with Gasteiger partial charge < -0.3 is 10.6 Å². The van der Waals surface area contributed by atoms with Gasteiger partial charge >= 0.3 is 0 Å². The molecule has 0 aromatic heterocycles. The van der Waals surface area contributed by atoms with Crippen LogP contribution in [0.15, 0.2) is 35.7 Å². The van der Waals surface area contributed by atoms with Crippen LogP contribution >= 0.6 is 0 Å². The number of ketones is 2. The highest BCUT2D eigenvalue weighted by Crippen LogP contribution is 2.31. The molecule has 5 nitrogen and oxygen atoms in total. The van der Waals surface area contributed by atoms with Crippen LogP contribution in [0.4, 0.5) is 0 Å². The summed E-state index contributed by atoms with van der Waals surface area (Å²) in [5, 5.41) is 5.55. The van der Waals surface area contributed by atoms with E-state index in [1.54, 1.807) is 24.3 Å². The Morgan fingerprint density at radius 3 is 2.19 bits per heavy atom. The number of allylic oxidation sites excluding steroid dienone is 6. The molecule has 2 rings (SSSR count). The first-order chi connectivity index (χ1) is 10.1. The fourth-order valence-corrected chi connectivity index (χ4v) is 2.55. The summed E-state index contributed by atoms with van der Waals surface area (Å²) in [5.74, 6) is -1.69. The van der Waals surface area contributed by atoms with E-state index >= 15 is 0 Å². The molecule has 0 spiro atoms. The van der Waals surface area contributed by atoms with Crippen LogP contribution in [0.5, 0.6) is 0 Å². The van der Waals surface area contributed by atoms with Crippen molar-refractivity contribution < 1.29 is 14.4 Å². The molecule has 0 fully saturated rings. The van der Waals surface area contributed by atoms with Crippen molar-refractivity contribution in [3.8, 4) is 0 Å². The molecule has 2 atom stereocenters. The van der Waals surface area contributed by atoms with Gasteiger partial charge in [0.2, 0.25) is 5.91 Å². The molecule has 2 aliphatic carbocycles. The Kier molecular flexibility index (Phi) is 4.73. The van der Waals surface area contributed by atoms with Gasteiger partial charge in [-0.2, -0.15) is 0 Å². The molecule has 0 heterocycles. The number of hydrogen-bond donors (Lipinski definition) is 2. The largest absolute Gasteiger partial charge is 0.380 e. The van der Waals surface area contributed by atoms with E-state index in [1.165, 1.54) is 6.92 Å². The summed E-state index contributed by atoms with van der Waals surface area (Å²) in [5.41, 5.74) is 0.342. The summed E-state index contributed by atoms with van der Waals surface area (Å²) in [6.45, 7) is 3.98. The van der Waals surface area contributed by atoms with Gasteiger partial charge in [-0.1, -0.05) is 37.6 Å². The van der Waals surface area contributed by atoms with Crippen LogP contribution < -0.4 is 10.6 Å². The number of fused-ring (bicyclic) bond motifs is 1. The van der Waals surface area contributed by atoms with Gasteiger partial charge in [0, 0.05) is 13.5 Å². The van der Waals surface area contributed by atoms with Gasteiger partial charge in [0.15, 0.2) is 11.6 Å². The van der Waals surface area contributed by atoms with Gasteiger partial charge in [-0.15, -0.1) is 0 Å². The summed E-state index contributed by atoms with van der Waals surface area (Å²) >= 11 is 0. The predicted molar refractivity (Wildman–Crippen MR) is 79.0 cm³/mol. The van der Waals surface area contributed by atoms with E-state index in [2.05, 4.69) is 10.6 Å². The highest BCUT2D eigenvalue weighted by molar-refractivity contribution is 6.16. The van der Waals surface area contributed by atoms with Crippen LogP contribution in [0.25, 0.3) is 0 Å². The first kappa shape index (κ1) is 15.2. The zero-order chi connectivity index (χ0) is 15.4. The lowest BCUT2D eigenvalue weighted by Gasteiger charge is -2.30. The Hall–Kier alpha value is -2.17. The maximum absolute atomic E-state index is 12.6. The number of carbonyl (C=O) groups is 3. The third kappa shape index (κ3) is 3.12. The lowest BCUT2D eigenvalue weighted by atomic mass is 9.76. The number of unbranched alkanes of at least 4 members (excludes halogenated alkanes) is 1. The third-order valence-electron chi connectivity index (χ3n) is 3.62. The zero-order valence-corrected chi connectivity index (χ0v) is 12.3. The molecule has 5 heteroatoms. The molecule has 0 aromatic carbocycles. The molecule has 0 radical (unpaired) electrons. The number of carbonyl (C=O) groups excluding carboxylic acids is 3. The monoisotopic (exact) mass is 288 g/mol. The Balaban J connectivity index is 2.36. The maximum Gasteiger partial charge on any atom is 0.221 e. The number of Topliss-reactive ketones (excluding diaryl/α,β-unsaturated/α-hetero) is 2. The molecular formula is C16H20N2O3. The van der Waals surface area contributed by atoms with Crippen LogP contribution in [-0.4, -0.2) is 24.0 Å². The van der Waals surface area contributed by atoms with Crippen molar-refractivity contribution in [2.45, 2.75) is 26.7 Å². The zero-order valence-electron chi connectivity index (χ0n) is 12.3. The highest BCUT2D eigenvalue weighted by atomic mass is 16.2. The number of hydrogen-bond acceptors (Lipinski definition) is 4. The minimum Gasteiger partial charge on any atom is -0.380 e. The standard InChI is InChI=1S/C16H20N2O3/c1-3-4-9-17-13-14(18-10(2)19)16(21)12-8-6-5-7-11(12)15(13)20/h5-8,11-12,17H,3-4,9H2,1-2H3,(H,18,19). The van der Waals surface area contributed by atoms with E-state index in [1.807, 2.05) is 6.92 Å². The van der Waals surface area contributed by atoms with Gasteiger partial charge in [-0.3, -0.25) is 14.4 Å². The molecule has 0 saturated carbocycles. The molecule has 112 valence electrons. The highest BCUT2D eigenvalue weighted by Gasteiger charge is 2.41. The average molecular weight is 288 g/mol. The van der Waals surface area contributed by atoms with Crippen molar-refractivity contribution in [2.75, 3.05) is 6.54 Å². The first-order valence-corrected chi connectivity index (χ1v) is 7.25. The van der Waals surface area contributed by atoms with E-state index in [0.717, 1.165) is 12.8 Å². The van der Waals surface area contributed by atoms with E-state index in [4.69, 9.17) is 0 Å². The third-order valence-corrected chi connectivity index (χ3v) is 3.62. The summed E-state index contributed by atoms with van der Waals surface area (Å²) in [4.78, 5) is 36.4. The van der Waals surface area contributed by atoms with E-state index in [9.17, 15) is 14.4 Å². The van der Waals surface area contributed by atoms with Gasteiger partial charge in [0.1, 0.15) is 11.4 Å². The lowest BCUT2D eigenvalue weighted by Crippen LogP contribution is -2.45. The van der Waals surface area contributed by atoms with Crippen LogP contribution in [0.3, 0.4) is 0 Å². The van der Waals surface area contributed by atoms with E-state index < -0.39 is 11.8 Å².